The first kappa shape index (κ1) is 16.6. The minimum atomic E-state index is -0.0766. The summed E-state index contributed by atoms with van der Waals surface area (Å²) in [5, 5.41) is 0. The van der Waals surface area contributed by atoms with Crippen LogP contribution in [-0.2, 0) is 0 Å². The Morgan fingerprint density at radius 2 is 1.91 bits per heavy atom. The van der Waals surface area contributed by atoms with E-state index in [1.54, 1.807) is 36.3 Å². The summed E-state index contributed by atoms with van der Waals surface area (Å²) in [7, 11) is 1.55. The number of methoxy groups -OCH3 is 1. The Hall–Kier alpha value is -2.75. The van der Waals surface area contributed by atoms with Gasteiger partial charge in [0.2, 0.25) is 0 Å². The van der Waals surface area contributed by atoms with Gasteiger partial charge in [0, 0.05) is 17.8 Å². The third kappa shape index (κ3) is 3.92. The molecule has 0 unspecified atom stereocenters. The van der Waals surface area contributed by atoms with Crippen molar-refractivity contribution in [3.05, 3.63) is 66.7 Å². The van der Waals surface area contributed by atoms with E-state index in [1.165, 1.54) is 0 Å². The molecule has 4 nitrogen and oxygen atoms in total. The molecule has 0 bridgehead atoms. The summed E-state index contributed by atoms with van der Waals surface area (Å²) in [5.74, 6) is 1.04. The molecule has 0 fully saturated rings. The largest absolute Gasteiger partial charge is 0.493 e. The van der Waals surface area contributed by atoms with Crippen molar-refractivity contribution in [2.24, 2.45) is 0 Å². The molecule has 0 N–H and O–H groups in total. The van der Waals surface area contributed by atoms with E-state index in [0.717, 1.165) is 5.69 Å². The Morgan fingerprint density at radius 3 is 2.52 bits per heavy atom. The highest BCUT2D eigenvalue weighted by Gasteiger charge is 2.18. The SMILES string of the molecule is C=CCOc1ccc(C(=O)N(CC)c2ccccc2)cc1OC. The molecule has 2 aromatic rings. The molecule has 0 aliphatic carbocycles. The molecule has 0 aliphatic heterocycles. The lowest BCUT2D eigenvalue weighted by Gasteiger charge is -2.21. The Bertz CT molecular complexity index is 668. The molecule has 23 heavy (non-hydrogen) atoms. The highest BCUT2D eigenvalue weighted by Crippen LogP contribution is 2.29. The number of hydrogen-bond acceptors (Lipinski definition) is 3. The topological polar surface area (TPSA) is 38.8 Å². The van der Waals surface area contributed by atoms with Crippen LogP contribution in [0.25, 0.3) is 0 Å². The highest BCUT2D eigenvalue weighted by molar-refractivity contribution is 6.06. The lowest BCUT2D eigenvalue weighted by Crippen LogP contribution is -2.30. The lowest BCUT2D eigenvalue weighted by atomic mass is 10.1. The number of amides is 1. The molecule has 0 aromatic heterocycles. The van der Waals surface area contributed by atoms with E-state index in [-0.39, 0.29) is 5.91 Å². The normalized spacial score (nSPS) is 10.0. The molecule has 0 atom stereocenters. The quantitative estimate of drug-likeness (QED) is 0.727. The predicted octanol–water partition coefficient (Wildman–Crippen LogP) is 3.93. The van der Waals surface area contributed by atoms with Gasteiger partial charge < -0.3 is 14.4 Å². The smallest absolute Gasteiger partial charge is 0.258 e. The van der Waals surface area contributed by atoms with Crippen LogP contribution in [0.2, 0.25) is 0 Å². The predicted molar refractivity (Wildman–Crippen MR) is 92.5 cm³/mol. The fourth-order valence-corrected chi connectivity index (χ4v) is 2.28. The Morgan fingerprint density at radius 1 is 1.17 bits per heavy atom. The molecule has 0 heterocycles. The van der Waals surface area contributed by atoms with Crippen LogP contribution in [0, 0.1) is 0 Å². The minimum Gasteiger partial charge on any atom is -0.493 e. The number of para-hydroxylation sites is 1. The van der Waals surface area contributed by atoms with Gasteiger partial charge in [-0.15, -0.1) is 0 Å². The first-order valence-electron chi connectivity index (χ1n) is 7.50. The second kappa shape index (κ2) is 8.03. The molecular formula is C19H21NO3. The number of carbonyl (C=O) groups is 1. The van der Waals surface area contributed by atoms with Crippen LogP contribution in [0.15, 0.2) is 61.2 Å². The van der Waals surface area contributed by atoms with Gasteiger partial charge in [0.15, 0.2) is 11.5 Å². The zero-order valence-corrected chi connectivity index (χ0v) is 13.5. The molecule has 2 rings (SSSR count). The molecule has 0 saturated carbocycles. The van der Waals surface area contributed by atoms with Gasteiger partial charge in [-0.05, 0) is 37.3 Å². The molecule has 0 saturated heterocycles. The Labute approximate surface area is 137 Å². The van der Waals surface area contributed by atoms with E-state index in [2.05, 4.69) is 6.58 Å². The molecule has 120 valence electrons. The summed E-state index contributed by atoms with van der Waals surface area (Å²) in [4.78, 5) is 14.5. The zero-order chi connectivity index (χ0) is 16.7. The molecule has 0 radical (unpaired) electrons. The van der Waals surface area contributed by atoms with Gasteiger partial charge in [0.25, 0.3) is 5.91 Å². The molecule has 2 aromatic carbocycles. The zero-order valence-electron chi connectivity index (χ0n) is 13.5. The van der Waals surface area contributed by atoms with Crippen molar-refractivity contribution in [2.75, 3.05) is 25.2 Å². The summed E-state index contributed by atoms with van der Waals surface area (Å²) < 4.78 is 10.8. The third-order valence-electron chi connectivity index (χ3n) is 3.40. The average Bonchev–Trinajstić information content (AvgIpc) is 2.61. The third-order valence-corrected chi connectivity index (χ3v) is 3.40. The van der Waals surface area contributed by atoms with Crippen molar-refractivity contribution >= 4 is 11.6 Å². The monoisotopic (exact) mass is 311 g/mol. The van der Waals surface area contributed by atoms with E-state index in [9.17, 15) is 4.79 Å². The van der Waals surface area contributed by atoms with Gasteiger partial charge in [-0.3, -0.25) is 4.79 Å². The van der Waals surface area contributed by atoms with Crippen LogP contribution in [0.1, 0.15) is 17.3 Å². The number of nitrogens with zero attached hydrogens (tertiary/aromatic N) is 1. The fraction of sp³-hybridized carbons (Fsp3) is 0.211. The summed E-state index contributed by atoms with van der Waals surface area (Å²) in [6.45, 7) is 6.53. The second-order valence-electron chi connectivity index (χ2n) is 4.85. The molecule has 0 spiro atoms. The molecule has 0 aliphatic rings. The van der Waals surface area contributed by atoms with Gasteiger partial charge in [0.05, 0.1) is 7.11 Å². The summed E-state index contributed by atoms with van der Waals surface area (Å²) in [5.41, 5.74) is 1.42. The second-order valence-corrected chi connectivity index (χ2v) is 4.85. The lowest BCUT2D eigenvalue weighted by molar-refractivity contribution is 0.0988. The van der Waals surface area contributed by atoms with Crippen LogP contribution in [0.4, 0.5) is 5.69 Å². The Kier molecular flexibility index (Phi) is 5.80. The number of benzene rings is 2. The standard InChI is InChI=1S/C19H21NO3/c1-4-13-23-17-12-11-15(14-18(17)22-3)19(21)20(5-2)16-9-7-6-8-10-16/h4,6-12,14H,1,5,13H2,2-3H3. The fourth-order valence-electron chi connectivity index (χ4n) is 2.28. The van der Waals surface area contributed by atoms with Gasteiger partial charge >= 0.3 is 0 Å². The van der Waals surface area contributed by atoms with E-state index in [4.69, 9.17) is 9.47 Å². The van der Waals surface area contributed by atoms with Gasteiger partial charge in [-0.2, -0.15) is 0 Å². The van der Waals surface area contributed by atoms with E-state index >= 15 is 0 Å². The summed E-state index contributed by atoms with van der Waals surface area (Å²) in [6.07, 6.45) is 1.66. The first-order valence-corrected chi connectivity index (χ1v) is 7.50. The maximum atomic E-state index is 12.8. The van der Waals surface area contributed by atoms with Crippen molar-refractivity contribution < 1.29 is 14.3 Å². The van der Waals surface area contributed by atoms with E-state index in [1.807, 2.05) is 37.3 Å². The highest BCUT2D eigenvalue weighted by atomic mass is 16.5. The maximum Gasteiger partial charge on any atom is 0.258 e. The maximum absolute atomic E-state index is 12.8. The molecule has 4 heteroatoms. The van der Waals surface area contributed by atoms with Gasteiger partial charge in [0.1, 0.15) is 6.61 Å². The van der Waals surface area contributed by atoms with Crippen molar-refractivity contribution in [2.45, 2.75) is 6.92 Å². The van der Waals surface area contributed by atoms with Crippen molar-refractivity contribution in [1.29, 1.82) is 0 Å². The number of ether oxygens (including phenoxy) is 2. The first-order chi connectivity index (χ1) is 11.2. The van der Waals surface area contributed by atoms with Crippen LogP contribution >= 0.6 is 0 Å². The van der Waals surface area contributed by atoms with E-state index in [0.29, 0.717) is 30.2 Å². The van der Waals surface area contributed by atoms with Crippen LogP contribution in [0.5, 0.6) is 11.5 Å². The molecular weight excluding hydrogens is 290 g/mol. The van der Waals surface area contributed by atoms with Crippen LogP contribution in [-0.4, -0.2) is 26.2 Å². The Balaban J connectivity index is 2.29. The van der Waals surface area contributed by atoms with Crippen molar-refractivity contribution in [3.8, 4) is 11.5 Å². The van der Waals surface area contributed by atoms with Crippen LogP contribution in [0.3, 0.4) is 0 Å². The van der Waals surface area contributed by atoms with E-state index < -0.39 is 0 Å². The van der Waals surface area contributed by atoms with Crippen molar-refractivity contribution in [1.82, 2.24) is 0 Å². The summed E-state index contributed by atoms with van der Waals surface area (Å²) in [6, 6.07) is 14.8. The van der Waals surface area contributed by atoms with Gasteiger partial charge in [-0.25, -0.2) is 0 Å². The number of rotatable bonds is 7. The minimum absolute atomic E-state index is 0.0766. The van der Waals surface area contributed by atoms with Crippen molar-refractivity contribution in [3.63, 3.8) is 0 Å². The van der Waals surface area contributed by atoms with Gasteiger partial charge in [-0.1, -0.05) is 30.9 Å². The molecule has 1 amide bonds. The average molecular weight is 311 g/mol. The summed E-state index contributed by atoms with van der Waals surface area (Å²) >= 11 is 0. The number of hydrogen-bond donors (Lipinski definition) is 0. The number of carbonyl (C=O) groups excluding carboxylic acids is 1. The number of anilines is 1. The van der Waals surface area contributed by atoms with Crippen LogP contribution < -0.4 is 14.4 Å².